The van der Waals surface area contributed by atoms with E-state index in [0.717, 1.165) is 13.1 Å². The molecule has 7 nitrogen and oxygen atoms in total. The van der Waals surface area contributed by atoms with Crippen molar-refractivity contribution in [3.63, 3.8) is 0 Å². The van der Waals surface area contributed by atoms with Crippen LogP contribution in [0.2, 0.25) is 0 Å². The predicted octanol–water partition coefficient (Wildman–Crippen LogP) is 0.719. The number of anilines is 2. The quantitative estimate of drug-likeness (QED) is 0.557. The molecule has 3 aliphatic rings. The molecule has 1 aliphatic carbocycles. The topological polar surface area (TPSA) is 96.3 Å². The molecule has 2 atom stereocenters. The van der Waals surface area contributed by atoms with E-state index in [9.17, 15) is 14.9 Å². The molecular formula is C13H14N4O3. The third-order valence-electron chi connectivity index (χ3n) is 4.46. The van der Waals surface area contributed by atoms with E-state index in [2.05, 4.69) is 16.0 Å². The Kier molecular flexibility index (Phi) is 2.29. The maximum atomic E-state index is 11.4. The second-order valence-electron chi connectivity index (χ2n) is 5.66. The molecule has 3 N–H and O–H groups in total. The lowest BCUT2D eigenvalue weighted by Gasteiger charge is -2.11. The van der Waals surface area contributed by atoms with Gasteiger partial charge in [0.15, 0.2) is 0 Å². The van der Waals surface area contributed by atoms with Crippen LogP contribution in [0, 0.1) is 22.0 Å². The van der Waals surface area contributed by atoms with Crippen LogP contribution in [0.5, 0.6) is 0 Å². The molecule has 2 aliphatic heterocycles. The summed E-state index contributed by atoms with van der Waals surface area (Å²) < 4.78 is 0. The van der Waals surface area contributed by atoms with Crippen molar-refractivity contribution >= 4 is 23.0 Å². The molecule has 20 heavy (non-hydrogen) atoms. The molecule has 0 aromatic heterocycles. The molecule has 1 aromatic carbocycles. The molecule has 7 heteroatoms. The lowest BCUT2D eigenvalue weighted by atomic mass is 10.1. The number of carbonyl (C=O) groups excluding carboxylic acids is 1. The minimum atomic E-state index is -0.387. The van der Waals surface area contributed by atoms with Crippen LogP contribution in [0.4, 0.5) is 17.1 Å². The molecule has 1 saturated carbocycles. The highest BCUT2D eigenvalue weighted by atomic mass is 16.6. The van der Waals surface area contributed by atoms with Gasteiger partial charge in [-0.25, -0.2) is 0 Å². The van der Waals surface area contributed by atoms with E-state index < -0.39 is 0 Å². The van der Waals surface area contributed by atoms with Crippen molar-refractivity contribution in [1.29, 1.82) is 0 Å². The van der Waals surface area contributed by atoms with E-state index in [4.69, 9.17) is 0 Å². The molecule has 1 saturated heterocycles. The van der Waals surface area contributed by atoms with Crippen LogP contribution in [0.15, 0.2) is 12.1 Å². The summed E-state index contributed by atoms with van der Waals surface area (Å²) in [7, 11) is 0. The molecule has 1 amide bonds. The molecule has 0 bridgehead atoms. The van der Waals surface area contributed by atoms with Crippen molar-refractivity contribution < 1.29 is 9.72 Å². The van der Waals surface area contributed by atoms with Gasteiger partial charge in [0.1, 0.15) is 5.69 Å². The molecule has 0 radical (unpaired) electrons. The highest BCUT2D eigenvalue weighted by molar-refractivity contribution is 6.00. The Balaban J connectivity index is 1.66. The van der Waals surface area contributed by atoms with E-state index in [-0.39, 0.29) is 22.9 Å². The minimum Gasteiger partial charge on any atom is -0.376 e. The number of piperidine rings is 1. The van der Waals surface area contributed by atoms with Crippen LogP contribution >= 0.6 is 0 Å². The summed E-state index contributed by atoms with van der Waals surface area (Å²) in [6.07, 6.45) is 0.217. The van der Waals surface area contributed by atoms with Crippen LogP contribution in [-0.4, -0.2) is 30.0 Å². The summed E-state index contributed by atoms with van der Waals surface area (Å²) in [6.45, 7) is 1.94. The molecule has 104 valence electrons. The third-order valence-corrected chi connectivity index (χ3v) is 4.46. The Morgan fingerprint density at radius 3 is 2.75 bits per heavy atom. The zero-order valence-electron chi connectivity index (χ0n) is 10.7. The Bertz CT molecular complexity index is 620. The van der Waals surface area contributed by atoms with Gasteiger partial charge in [0.2, 0.25) is 5.91 Å². The van der Waals surface area contributed by atoms with Gasteiger partial charge in [-0.15, -0.1) is 0 Å². The average molecular weight is 274 g/mol. The number of hydrogen-bond acceptors (Lipinski definition) is 5. The van der Waals surface area contributed by atoms with Gasteiger partial charge < -0.3 is 16.0 Å². The van der Waals surface area contributed by atoms with Crippen LogP contribution < -0.4 is 16.0 Å². The van der Waals surface area contributed by atoms with Crippen LogP contribution in [0.3, 0.4) is 0 Å². The van der Waals surface area contributed by atoms with Gasteiger partial charge in [-0.1, -0.05) is 0 Å². The van der Waals surface area contributed by atoms with E-state index in [1.54, 1.807) is 6.07 Å². The summed E-state index contributed by atoms with van der Waals surface area (Å²) in [5.74, 6) is 1.02. The second kappa shape index (κ2) is 3.92. The van der Waals surface area contributed by atoms with Crippen molar-refractivity contribution in [2.45, 2.75) is 12.5 Å². The highest BCUT2D eigenvalue weighted by Crippen LogP contribution is 2.45. The van der Waals surface area contributed by atoms with Crippen molar-refractivity contribution in [2.75, 3.05) is 23.7 Å². The van der Waals surface area contributed by atoms with E-state index in [1.807, 2.05) is 0 Å². The Hall–Kier alpha value is -2.15. The first-order chi connectivity index (χ1) is 9.63. The number of amides is 1. The molecular weight excluding hydrogens is 260 g/mol. The van der Waals surface area contributed by atoms with Crippen LogP contribution in [0.1, 0.15) is 5.56 Å². The fraction of sp³-hybridized carbons (Fsp3) is 0.462. The Morgan fingerprint density at radius 1 is 1.30 bits per heavy atom. The van der Waals surface area contributed by atoms with Gasteiger partial charge >= 0.3 is 0 Å². The number of hydrogen-bond donors (Lipinski definition) is 3. The zero-order valence-corrected chi connectivity index (χ0v) is 10.7. The monoisotopic (exact) mass is 274 g/mol. The number of benzene rings is 1. The number of nitro groups is 1. The first-order valence-electron chi connectivity index (χ1n) is 6.72. The number of nitro benzene ring substituents is 1. The Morgan fingerprint density at radius 2 is 2.05 bits per heavy atom. The first-order valence-corrected chi connectivity index (χ1v) is 6.72. The number of nitrogens with zero attached hydrogens (tertiary/aromatic N) is 1. The maximum absolute atomic E-state index is 11.4. The number of rotatable bonds is 3. The summed E-state index contributed by atoms with van der Waals surface area (Å²) in [4.78, 5) is 22.2. The molecule has 0 spiro atoms. The second-order valence-corrected chi connectivity index (χ2v) is 5.66. The SMILES string of the molecule is O=C1Cc2cc([N+](=O)[O-])c(NC3C4CNCC43)cc2N1. The third kappa shape index (κ3) is 1.66. The van der Waals surface area contributed by atoms with Crippen molar-refractivity contribution in [1.82, 2.24) is 5.32 Å². The number of carbonyl (C=O) groups is 1. The van der Waals surface area contributed by atoms with Gasteiger partial charge in [0.05, 0.1) is 11.3 Å². The molecule has 1 aromatic rings. The van der Waals surface area contributed by atoms with Gasteiger partial charge in [-0.3, -0.25) is 14.9 Å². The van der Waals surface area contributed by atoms with Gasteiger partial charge in [-0.2, -0.15) is 0 Å². The minimum absolute atomic E-state index is 0.0539. The van der Waals surface area contributed by atoms with Gasteiger partial charge in [-0.05, 0) is 23.5 Å². The van der Waals surface area contributed by atoms with Crippen LogP contribution in [0.25, 0.3) is 0 Å². The first kappa shape index (κ1) is 11.7. The average Bonchev–Trinajstić information content (AvgIpc) is 2.79. The lowest BCUT2D eigenvalue weighted by Crippen LogP contribution is -2.21. The molecule has 4 rings (SSSR count). The van der Waals surface area contributed by atoms with E-state index in [1.165, 1.54) is 6.07 Å². The van der Waals surface area contributed by atoms with E-state index >= 15 is 0 Å². The fourth-order valence-corrected chi connectivity index (χ4v) is 3.34. The molecule has 2 heterocycles. The standard InChI is InChI=1S/C13H14N4O3/c18-12-2-6-1-11(17(19)20)10(3-9(6)15-12)16-13-7-4-14-5-8(7)13/h1,3,7-8,13-14,16H,2,4-5H2,(H,15,18). The van der Waals surface area contributed by atoms with Gasteiger partial charge in [0.25, 0.3) is 5.69 Å². The highest BCUT2D eigenvalue weighted by Gasteiger charge is 2.53. The fourth-order valence-electron chi connectivity index (χ4n) is 3.34. The molecule has 2 fully saturated rings. The summed E-state index contributed by atoms with van der Waals surface area (Å²) in [5, 5.41) is 20.5. The number of nitrogens with one attached hydrogen (secondary N) is 3. The molecule has 2 unspecified atom stereocenters. The smallest absolute Gasteiger partial charge is 0.292 e. The van der Waals surface area contributed by atoms with E-state index in [0.29, 0.717) is 34.8 Å². The summed E-state index contributed by atoms with van der Waals surface area (Å²) >= 11 is 0. The normalized spacial score (nSPS) is 29.6. The Labute approximate surface area is 114 Å². The van der Waals surface area contributed by atoms with Crippen LogP contribution in [-0.2, 0) is 11.2 Å². The zero-order chi connectivity index (χ0) is 13.9. The van der Waals surface area contributed by atoms with Crippen molar-refractivity contribution in [3.05, 3.63) is 27.8 Å². The van der Waals surface area contributed by atoms with Gasteiger partial charge in [0, 0.05) is 30.9 Å². The lowest BCUT2D eigenvalue weighted by molar-refractivity contribution is -0.384. The maximum Gasteiger partial charge on any atom is 0.292 e. The van der Waals surface area contributed by atoms with Crippen molar-refractivity contribution in [3.8, 4) is 0 Å². The largest absolute Gasteiger partial charge is 0.376 e. The summed E-state index contributed by atoms with van der Waals surface area (Å²) in [6, 6.07) is 3.51. The van der Waals surface area contributed by atoms with Crippen molar-refractivity contribution in [2.24, 2.45) is 11.8 Å². The summed E-state index contributed by atoms with van der Waals surface area (Å²) in [5.41, 5.74) is 1.95. The predicted molar refractivity (Wildman–Crippen MR) is 72.7 cm³/mol. The number of fused-ring (bicyclic) bond motifs is 2.